The Morgan fingerprint density at radius 1 is 1.00 bits per heavy atom. The number of aromatic amines is 1. The van der Waals surface area contributed by atoms with E-state index in [1.807, 2.05) is 60.8 Å². The maximum atomic E-state index is 14.1. The molecule has 0 aliphatic rings. The number of benzene rings is 2. The lowest BCUT2D eigenvalue weighted by molar-refractivity contribution is -0.140. The number of hydrogen-bond acceptors (Lipinski definition) is 9. The van der Waals surface area contributed by atoms with Crippen LogP contribution in [0.2, 0.25) is 5.02 Å². The largest absolute Gasteiger partial charge is 0.361 e. The van der Waals surface area contributed by atoms with Crippen molar-refractivity contribution in [3.05, 3.63) is 101 Å². The zero-order chi connectivity index (χ0) is 34.2. The number of para-hydroxylation sites is 1. The van der Waals surface area contributed by atoms with Crippen LogP contribution < -0.4 is 27.8 Å². The van der Waals surface area contributed by atoms with Crippen LogP contribution in [-0.2, 0) is 29.1 Å². The zero-order valence-electron chi connectivity index (χ0n) is 26.0. The van der Waals surface area contributed by atoms with Crippen LogP contribution in [0.1, 0.15) is 16.7 Å². The molecule has 5 rings (SSSR count). The average Bonchev–Trinajstić information content (AvgIpc) is 3.52. The van der Waals surface area contributed by atoms with Crippen LogP contribution in [-0.4, -0.2) is 68.6 Å². The number of carbonyl (C=O) groups is 3. The molecule has 0 radical (unpaired) electrons. The number of likely N-dealkylation sites (N-methyl/N-ethyl adjacent to an activating group) is 1. The van der Waals surface area contributed by atoms with Gasteiger partial charge in [-0.3, -0.25) is 9.59 Å². The molecular weight excluding hydrogens is 652 g/mol. The topological polar surface area (TPSA) is 211 Å². The molecule has 0 spiro atoms. The van der Waals surface area contributed by atoms with E-state index in [4.69, 9.17) is 28.8 Å². The first-order chi connectivity index (χ1) is 23.2. The van der Waals surface area contributed by atoms with Crippen molar-refractivity contribution in [3.8, 4) is 11.1 Å². The average molecular weight is 687 g/mol. The molecule has 248 valence electrons. The van der Waals surface area contributed by atoms with E-state index in [9.17, 15) is 14.4 Å². The van der Waals surface area contributed by atoms with E-state index < -0.39 is 29.9 Å². The maximum absolute atomic E-state index is 14.1. The standard InChI is InChI=1S/C33H35ClN10O3S/c1-44(32(46)27(15-36)43-33(37)47)28(13-22-16-39-26-7-3-2-6-24(22)26)30(45)40-17-23-11-21(20-8-10-41-42-18-20)12-25(34)29(23)48-31-19(14-35)5-4-9-38-31/h2-12,16,18,27-28,39H,13-15,17,35-36H2,1H3,(H,40,45)(H3,37,43,47)/t27-,28-/m0/s1. The number of hydrogen-bond donors (Lipinski definition) is 6. The predicted molar refractivity (Wildman–Crippen MR) is 185 cm³/mol. The van der Waals surface area contributed by atoms with Crippen molar-refractivity contribution in [2.75, 3.05) is 13.6 Å². The minimum atomic E-state index is -1.12. The van der Waals surface area contributed by atoms with Crippen molar-refractivity contribution in [1.82, 2.24) is 35.7 Å². The zero-order valence-corrected chi connectivity index (χ0v) is 27.6. The van der Waals surface area contributed by atoms with Crippen molar-refractivity contribution in [2.45, 2.75) is 41.5 Å². The maximum Gasteiger partial charge on any atom is 0.312 e. The summed E-state index contributed by atoms with van der Waals surface area (Å²) >= 11 is 8.25. The van der Waals surface area contributed by atoms with Gasteiger partial charge in [-0.05, 0) is 52.6 Å². The molecule has 2 aromatic carbocycles. The van der Waals surface area contributed by atoms with E-state index in [-0.39, 0.29) is 26.1 Å². The summed E-state index contributed by atoms with van der Waals surface area (Å²) in [6.07, 6.45) is 6.87. The van der Waals surface area contributed by atoms with Crippen LogP contribution >= 0.6 is 23.4 Å². The lowest BCUT2D eigenvalue weighted by Gasteiger charge is -2.30. The summed E-state index contributed by atoms with van der Waals surface area (Å²) in [5.74, 6) is -0.998. The van der Waals surface area contributed by atoms with Crippen LogP contribution in [0, 0.1) is 0 Å². The van der Waals surface area contributed by atoms with Crippen LogP contribution in [0.25, 0.3) is 22.0 Å². The van der Waals surface area contributed by atoms with Gasteiger partial charge in [-0.2, -0.15) is 10.2 Å². The molecule has 5 aromatic rings. The first-order valence-corrected chi connectivity index (χ1v) is 16.2. The second-order valence-corrected chi connectivity index (χ2v) is 12.3. The lowest BCUT2D eigenvalue weighted by Crippen LogP contribution is -2.57. The summed E-state index contributed by atoms with van der Waals surface area (Å²) in [7, 11) is 1.50. The molecule has 0 aliphatic heterocycles. The Morgan fingerprint density at radius 3 is 2.54 bits per heavy atom. The number of halogens is 1. The fourth-order valence-corrected chi connectivity index (χ4v) is 6.66. The number of nitrogens with two attached hydrogens (primary N) is 3. The van der Waals surface area contributed by atoms with Crippen molar-refractivity contribution in [2.24, 2.45) is 17.2 Å². The number of H-pyrrole nitrogens is 1. The molecule has 0 bridgehead atoms. The number of nitrogens with zero attached hydrogens (tertiary/aromatic N) is 4. The van der Waals surface area contributed by atoms with E-state index in [0.717, 1.165) is 33.2 Å². The van der Waals surface area contributed by atoms with Gasteiger partial charge in [0.25, 0.3) is 0 Å². The molecule has 3 heterocycles. The van der Waals surface area contributed by atoms with E-state index in [1.165, 1.54) is 23.7 Å². The van der Waals surface area contributed by atoms with Crippen LogP contribution in [0.15, 0.2) is 89.3 Å². The number of urea groups is 1. The van der Waals surface area contributed by atoms with Crippen molar-refractivity contribution in [1.29, 1.82) is 0 Å². The smallest absolute Gasteiger partial charge is 0.312 e. The minimum Gasteiger partial charge on any atom is -0.361 e. The highest BCUT2D eigenvalue weighted by Gasteiger charge is 2.32. The second kappa shape index (κ2) is 15.7. The molecule has 0 unspecified atom stereocenters. The Hall–Kier alpha value is -5.02. The summed E-state index contributed by atoms with van der Waals surface area (Å²) in [5, 5.41) is 15.3. The van der Waals surface area contributed by atoms with E-state index in [0.29, 0.717) is 20.5 Å². The predicted octanol–water partition coefficient (Wildman–Crippen LogP) is 2.96. The van der Waals surface area contributed by atoms with Gasteiger partial charge in [0, 0.05) is 66.9 Å². The van der Waals surface area contributed by atoms with Crippen molar-refractivity contribution >= 4 is 52.1 Å². The van der Waals surface area contributed by atoms with Crippen LogP contribution in [0.4, 0.5) is 4.79 Å². The molecule has 48 heavy (non-hydrogen) atoms. The fourth-order valence-electron chi connectivity index (χ4n) is 5.30. The summed E-state index contributed by atoms with van der Waals surface area (Å²) in [5.41, 5.74) is 21.9. The molecular formula is C33H35ClN10O3S. The van der Waals surface area contributed by atoms with Gasteiger partial charge in [0.1, 0.15) is 17.1 Å². The Bertz CT molecular complexity index is 1920. The molecule has 0 saturated carbocycles. The summed E-state index contributed by atoms with van der Waals surface area (Å²) in [6, 6.07) is 13.9. The van der Waals surface area contributed by atoms with Gasteiger partial charge in [0.2, 0.25) is 11.8 Å². The van der Waals surface area contributed by atoms with Gasteiger partial charge in [-0.15, -0.1) is 0 Å². The molecule has 4 amide bonds. The Labute approximate surface area is 286 Å². The van der Waals surface area contributed by atoms with Gasteiger partial charge in [-0.25, -0.2) is 9.78 Å². The minimum absolute atomic E-state index is 0.0598. The first-order valence-electron chi connectivity index (χ1n) is 15.0. The summed E-state index contributed by atoms with van der Waals surface area (Å²) in [4.78, 5) is 48.9. The van der Waals surface area contributed by atoms with E-state index in [1.54, 1.807) is 18.6 Å². The Balaban J connectivity index is 1.49. The first kappa shape index (κ1) is 34.3. The molecule has 3 aromatic heterocycles. The summed E-state index contributed by atoms with van der Waals surface area (Å²) in [6.45, 7) is 0.136. The third-order valence-corrected chi connectivity index (χ3v) is 9.47. The molecule has 15 heteroatoms. The van der Waals surface area contributed by atoms with Gasteiger partial charge in [0.05, 0.1) is 17.4 Å². The fraction of sp³-hybridized carbons (Fsp3) is 0.212. The van der Waals surface area contributed by atoms with Gasteiger partial charge in [0.15, 0.2) is 0 Å². The third kappa shape index (κ3) is 7.91. The van der Waals surface area contributed by atoms with Gasteiger partial charge < -0.3 is 37.7 Å². The van der Waals surface area contributed by atoms with Gasteiger partial charge in [-0.1, -0.05) is 47.6 Å². The SMILES string of the molecule is CN(C(=O)[C@H](CN)NC(N)=O)[C@@H](Cc1c[nH]c2ccccc12)C(=O)NCc1cc(-c2ccnnc2)cc(Cl)c1Sc1ncccc1CN. The lowest BCUT2D eigenvalue weighted by atomic mass is 10.0. The van der Waals surface area contributed by atoms with Gasteiger partial charge >= 0.3 is 6.03 Å². The van der Waals surface area contributed by atoms with E-state index >= 15 is 0 Å². The summed E-state index contributed by atoms with van der Waals surface area (Å²) < 4.78 is 0. The quantitative estimate of drug-likeness (QED) is 0.107. The highest BCUT2D eigenvalue weighted by molar-refractivity contribution is 7.99. The molecule has 2 atom stereocenters. The number of amides is 4. The number of carbonyl (C=O) groups excluding carboxylic acids is 3. The van der Waals surface area contributed by atoms with Crippen LogP contribution in [0.5, 0.6) is 0 Å². The van der Waals surface area contributed by atoms with E-state index in [2.05, 4.69) is 30.8 Å². The van der Waals surface area contributed by atoms with Crippen molar-refractivity contribution in [3.63, 3.8) is 0 Å². The number of aromatic nitrogens is 4. The molecule has 0 fully saturated rings. The number of rotatable bonds is 13. The normalized spacial score (nSPS) is 12.3. The molecule has 9 N–H and O–H groups in total. The molecule has 0 aliphatic carbocycles. The Morgan fingerprint density at radius 2 is 1.81 bits per heavy atom. The van der Waals surface area contributed by atoms with Crippen LogP contribution in [0.3, 0.4) is 0 Å². The highest BCUT2D eigenvalue weighted by atomic mass is 35.5. The highest BCUT2D eigenvalue weighted by Crippen LogP contribution is 2.39. The number of primary amides is 1. The monoisotopic (exact) mass is 686 g/mol. The number of pyridine rings is 1. The van der Waals surface area contributed by atoms with Crippen molar-refractivity contribution < 1.29 is 14.4 Å². The number of nitrogens with one attached hydrogen (secondary N) is 3. The molecule has 13 nitrogen and oxygen atoms in total. The molecule has 0 saturated heterocycles. The Kier molecular flexibility index (Phi) is 11.2. The number of fused-ring (bicyclic) bond motifs is 1. The second-order valence-electron chi connectivity index (χ2n) is 10.9. The third-order valence-electron chi connectivity index (χ3n) is 7.82.